The average Bonchev–Trinajstić information content (AvgIpc) is 3.01. The highest BCUT2D eigenvalue weighted by atomic mass is 19.1. The van der Waals surface area contributed by atoms with Crippen LogP contribution >= 0.6 is 0 Å². The fraction of sp³-hybridized carbons (Fsp3) is 0.278. The van der Waals surface area contributed by atoms with Crippen LogP contribution < -0.4 is 4.90 Å². The number of aromatic nitrogens is 2. The molecule has 3 aromatic rings. The molecule has 0 spiro atoms. The number of halogens is 2. The Morgan fingerprint density at radius 1 is 1.16 bits per heavy atom. The number of hydrogen-bond donors (Lipinski definition) is 2. The van der Waals surface area contributed by atoms with Gasteiger partial charge in [-0.25, -0.2) is 13.5 Å². The van der Waals surface area contributed by atoms with E-state index >= 15 is 0 Å². The van der Waals surface area contributed by atoms with Crippen molar-refractivity contribution in [2.45, 2.75) is 6.92 Å². The Balaban J connectivity index is 1.67. The van der Waals surface area contributed by atoms with Gasteiger partial charge in [0.15, 0.2) is 17.4 Å². The van der Waals surface area contributed by atoms with Crippen LogP contribution in [0.15, 0.2) is 36.5 Å². The second-order valence-corrected chi connectivity index (χ2v) is 6.86. The number of anilines is 1. The van der Waals surface area contributed by atoms with Crippen LogP contribution in [-0.4, -0.2) is 39.7 Å². The van der Waals surface area contributed by atoms with Crippen molar-refractivity contribution in [3.05, 3.63) is 48.2 Å². The van der Waals surface area contributed by atoms with E-state index in [-0.39, 0.29) is 22.9 Å². The number of phenols is 1. The van der Waals surface area contributed by atoms with E-state index in [9.17, 15) is 19.0 Å². The molecule has 0 unspecified atom stereocenters. The number of aliphatic hydroxyl groups is 1. The minimum atomic E-state index is -1.03. The molecule has 0 aliphatic carbocycles. The summed E-state index contributed by atoms with van der Waals surface area (Å²) < 4.78 is 29.0. The quantitative estimate of drug-likeness (QED) is 0.766. The number of fused-ring (bicyclic) bond motifs is 1. The summed E-state index contributed by atoms with van der Waals surface area (Å²) in [6, 6.07) is 8.41. The molecule has 2 N–H and O–H groups in total. The minimum absolute atomic E-state index is 0.0310. The molecule has 1 aliphatic heterocycles. The predicted molar refractivity (Wildman–Crippen MR) is 90.1 cm³/mol. The van der Waals surface area contributed by atoms with Crippen molar-refractivity contribution >= 4 is 16.6 Å². The summed E-state index contributed by atoms with van der Waals surface area (Å²) >= 11 is 0. The molecule has 7 heteroatoms. The van der Waals surface area contributed by atoms with E-state index < -0.39 is 17.4 Å². The molecule has 4 rings (SSSR count). The van der Waals surface area contributed by atoms with E-state index in [1.807, 2.05) is 19.1 Å². The molecule has 0 saturated carbocycles. The summed E-state index contributed by atoms with van der Waals surface area (Å²) in [4.78, 5) is 2.14. The first-order valence-corrected chi connectivity index (χ1v) is 7.93. The Bertz CT molecular complexity index is 947. The van der Waals surface area contributed by atoms with Crippen LogP contribution in [0.2, 0.25) is 0 Å². The molecule has 0 bridgehead atoms. The summed E-state index contributed by atoms with van der Waals surface area (Å²) in [7, 11) is 0. The van der Waals surface area contributed by atoms with Gasteiger partial charge in [-0.3, -0.25) is 0 Å². The predicted octanol–water partition coefficient (Wildman–Crippen LogP) is 2.83. The largest absolute Gasteiger partial charge is 0.503 e. The highest BCUT2D eigenvalue weighted by Gasteiger charge is 2.38. The van der Waals surface area contributed by atoms with Crippen LogP contribution in [0.5, 0.6) is 5.75 Å². The van der Waals surface area contributed by atoms with Crippen molar-refractivity contribution in [2.75, 3.05) is 24.6 Å². The number of benzene rings is 2. The summed E-state index contributed by atoms with van der Waals surface area (Å²) in [6.07, 6.45) is 1.36. The Kier molecular flexibility index (Phi) is 3.43. The third-order valence-corrected chi connectivity index (χ3v) is 4.71. The lowest BCUT2D eigenvalue weighted by molar-refractivity contribution is 0.111. The molecular formula is C18H17F2N3O2. The monoisotopic (exact) mass is 345 g/mol. The number of aromatic hydroxyl groups is 1. The first kappa shape index (κ1) is 15.8. The fourth-order valence-corrected chi connectivity index (χ4v) is 3.27. The van der Waals surface area contributed by atoms with Gasteiger partial charge in [-0.05, 0) is 30.3 Å². The number of nitrogens with zero attached hydrogens (tertiary/aromatic N) is 3. The van der Waals surface area contributed by atoms with Crippen LogP contribution in [0.4, 0.5) is 14.5 Å². The van der Waals surface area contributed by atoms with Crippen molar-refractivity contribution in [1.82, 2.24) is 9.78 Å². The van der Waals surface area contributed by atoms with Gasteiger partial charge in [-0.2, -0.15) is 5.10 Å². The topological polar surface area (TPSA) is 61.5 Å². The smallest absolute Gasteiger partial charge is 0.194 e. The second kappa shape index (κ2) is 5.42. The number of rotatable bonds is 3. The zero-order chi connectivity index (χ0) is 17.8. The van der Waals surface area contributed by atoms with Gasteiger partial charge in [0.2, 0.25) is 0 Å². The van der Waals surface area contributed by atoms with Crippen LogP contribution in [0.1, 0.15) is 6.92 Å². The minimum Gasteiger partial charge on any atom is -0.503 e. The molecule has 1 aromatic heterocycles. The lowest BCUT2D eigenvalue weighted by Gasteiger charge is -2.48. The Labute approximate surface area is 142 Å². The molecule has 130 valence electrons. The third-order valence-electron chi connectivity index (χ3n) is 4.71. The lowest BCUT2D eigenvalue weighted by Crippen LogP contribution is -2.56. The van der Waals surface area contributed by atoms with E-state index in [2.05, 4.69) is 10.00 Å². The molecule has 2 aromatic carbocycles. The Morgan fingerprint density at radius 2 is 1.80 bits per heavy atom. The van der Waals surface area contributed by atoms with Gasteiger partial charge in [0.05, 0.1) is 18.5 Å². The zero-order valence-electron chi connectivity index (χ0n) is 13.6. The van der Waals surface area contributed by atoms with Gasteiger partial charge in [-0.1, -0.05) is 6.92 Å². The van der Waals surface area contributed by atoms with Gasteiger partial charge in [0, 0.05) is 29.6 Å². The summed E-state index contributed by atoms with van der Waals surface area (Å²) in [5, 5.41) is 23.2. The molecule has 0 amide bonds. The number of aliphatic hydroxyl groups excluding tert-OH is 1. The molecule has 0 radical (unpaired) electrons. The van der Waals surface area contributed by atoms with E-state index in [4.69, 9.17) is 0 Å². The van der Waals surface area contributed by atoms with E-state index in [0.717, 1.165) is 24.8 Å². The standard InChI is InChI=1S/C18H17F2N3O2/c1-18(10-24)8-22(9-18)12-2-4-13(5-3-12)23-16-11(7-21-23)6-14(19)17(25)15(16)20/h2-7,24-25H,8-10H2,1H3. The highest BCUT2D eigenvalue weighted by Crippen LogP contribution is 2.34. The maximum Gasteiger partial charge on any atom is 0.194 e. The second-order valence-electron chi connectivity index (χ2n) is 6.86. The van der Waals surface area contributed by atoms with E-state index in [0.29, 0.717) is 5.69 Å². The molecule has 1 aliphatic rings. The number of phenolic OH excluding ortho intramolecular Hbond substituents is 1. The van der Waals surface area contributed by atoms with Crippen molar-refractivity contribution < 1.29 is 19.0 Å². The van der Waals surface area contributed by atoms with Crippen molar-refractivity contribution in [3.63, 3.8) is 0 Å². The molecule has 5 nitrogen and oxygen atoms in total. The summed E-state index contributed by atoms with van der Waals surface area (Å²) in [5.74, 6) is -3.04. The third kappa shape index (κ3) is 2.42. The van der Waals surface area contributed by atoms with Gasteiger partial charge < -0.3 is 15.1 Å². The van der Waals surface area contributed by atoms with Crippen LogP contribution in [-0.2, 0) is 0 Å². The Hall–Kier alpha value is -2.67. The van der Waals surface area contributed by atoms with Gasteiger partial charge in [0.25, 0.3) is 0 Å². The average molecular weight is 345 g/mol. The maximum atomic E-state index is 14.3. The number of hydrogen-bond acceptors (Lipinski definition) is 4. The van der Waals surface area contributed by atoms with Gasteiger partial charge in [0.1, 0.15) is 5.52 Å². The van der Waals surface area contributed by atoms with Gasteiger partial charge >= 0.3 is 0 Å². The summed E-state index contributed by atoms with van der Waals surface area (Å²) in [6.45, 7) is 3.73. The summed E-state index contributed by atoms with van der Waals surface area (Å²) in [5.41, 5.74) is 1.57. The normalized spacial score (nSPS) is 16.2. The Morgan fingerprint density at radius 3 is 2.44 bits per heavy atom. The van der Waals surface area contributed by atoms with Crippen molar-refractivity contribution in [2.24, 2.45) is 5.41 Å². The molecule has 0 atom stereocenters. The van der Waals surface area contributed by atoms with E-state index in [1.165, 1.54) is 10.9 Å². The SMILES string of the molecule is CC1(CO)CN(c2ccc(-n3ncc4cc(F)c(O)c(F)c43)cc2)C1. The van der Waals surface area contributed by atoms with Crippen LogP contribution in [0.3, 0.4) is 0 Å². The fourth-order valence-electron chi connectivity index (χ4n) is 3.27. The zero-order valence-corrected chi connectivity index (χ0v) is 13.6. The van der Waals surface area contributed by atoms with E-state index in [1.54, 1.807) is 12.1 Å². The van der Waals surface area contributed by atoms with Crippen LogP contribution in [0, 0.1) is 17.0 Å². The lowest BCUT2D eigenvalue weighted by atomic mass is 9.82. The van der Waals surface area contributed by atoms with Crippen molar-refractivity contribution in [3.8, 4) is 11.4 Å². The molecule has 2 heterocycles. The highest BCUT2D eigenvalue weighted by molar-refractivity contribution is 5.82. The van der Waals surface area contributed by atoms with Crippen molar-refractivity contribution in [1.29, 1.82) is 0 Å². The maximum absolute atomic E-state index is 14.3. The molecule has 1 saturated heterocycles. The molecule has 25 heavy (non-hydrogen) atoms. The molecular weight excluding hydrogens is 328 g/mol. The van der Waals surface area contributed by atoms with Crippen LogP contribution in [0.25, 0.3) is 16.6 Å². The first-order chi connectivity index (χ1) is 11.9. The molecule has 1 fully saturated rings. The van der Waals surface area contributed by atoms with Gasteiger partial charge in [-0.15, -0.1) is 0 Å². The first-order valence-electron chi connectivity index (χ1n) is 7.93.